The lowest BCUT2D eigenvalue weighted by Crippen LogP contribution is -2.49. The van der Waals surface area contributed by atoms with E-state index in [9.17, 15) is 9.59 Å². The number of benzene rings is 1. The Bertz CT molecular complexity index is 1060. The molecule has 2 amide bonds. The number of piperazine rings is 1. The number of rotatable bonds is 5. The van der Waals surface area contributed by atoms with Gasteiger partial charge < -0.3 is 15.1 Å². The minimum atomic E-state index is -0.0445. The zero-order valence-corrected chi connectivity index (χ0v) is 21.0. The number of carbonyl (C=O) groups is 2. The predicted molar refractivity (Wildman–Crippen MR) is 136 cm³/mol. The lowest BCUT2D eigenvalue weighted by molar-refractivity contribution is -0.117. The van der Waals surface area contributed by atoms with Crippen molar-refractivity contribution >= 4 is 23.5 Å². The maximum Gasteiger partial charge on any atom is 0.254 e. The first-order valence-corrected chi connectivity index (χ1v) is 12.7. The molecule has 8 heteroatoms. The van der Waals surface area contributed by atoms with E-state index in [-0.39, 0.29) is 22.6 Å². The van der Waals surface area contributed by atoms with Crippen LogP contribution in [0.5, 0.6) is 0 Å². The van der Waals surface area contributed by atoms with Gasteiger partial charge >= 0.3 is 0 Å². The smallest absolute Gasteiger partial charge is 0.254 e. The molecule has 3 fully saturated rings. The summed E-state index contributed by atoms with van der Waals surface area (Å²) in [5, 5.41) is 2.98. The van der Waals surface area contributed by atoms with E-state index in [1.165, 1.54) is 6.42 Å². The molecule has 1 aromatic carbocycles. The predicted octanol–water partition coefficient (Wildman–Crippen LogP) is 3.28. The number of nitrogens with one attached hydrogen (secondary N) is 1. The van der Waals surface area contributed by atoms with Crippen molar-refractivity contribution in [1.82, 2.24) is 19.8 Å². The number of aromatic nitrogens is 2. The molecule has 2 unspecified atom stereocenters. The highest BCUT2D eigenvalue weighted by molar-refractivity contribution is 5.96. The molecule has 2 aromatic rings. The van der Waals surface area contributed by atoms with Gasteiger partial charge in [-0.1, -0.05) is 20.8 Å². The minimum absolute atomic E-state index is 0.0445. The highest BCUT2D eigenvalue weighted by Crippen LogP contribution is 2.52. The second-order valence-corrected chi connectivity index (χ2v) is 11.6. The van der Waals surface area contributed by atoms with Crippen LogP contribution in [0, 0.1) is 10.8 Å². The fraction of sp³-hybridized carbons (Fsp3) is 0.556. The molecule has 2 atom stereocenters. The van der Waals surface area contributed by atoms with Crippen molar-refractivity contribution in [2.45, 2.75) is 46.1 Å². The fourth-order valence-corrected chi connectivity index (χ4v) is 6.52. The van der Waals surface area contributed by atoms with E-state index in [4.69, 9.17) is 0 Å². The maximum absolute atomic E-state index is 13.3. The summed E-state index contributed by atoms with van der Waals surface area (Å²) < 4.78 is 0. The normalized spacial score (nSPS) is 26.0. The molecule has 5 rings (SSSR count). The van der Waals surface area contributed by atoms with Crippen LogP contribution in [0.2, 0.25) is 0 Å². The van der Waals surface area contributed by atoms with E-state index in [1.54, 1.807) is 12.4 Å². The Hall–Kier alpha value is -3.00. The van der Waals surface area contributed by atoms with Crippen LogP contribution in [0.1, 0.15) is 50.4 Å². The molecule has 3 heterocycles. The standard InChI is InChI=1S/C27H36N6O2/c1-26(2)15-22-16-27(3,18-26)19-33(22)24(35)20-5-7-21(8-6-20)30-23(34)17-31-11-13-32(14-12-31)25-28-9-4-10-29-25/h4-10,22H,11-19H2,1-3H3,(H,30,34). The van der Waals surface area contributed by atoms with E-state index in [1.807, 2.05) is 30.3 Å². The number of anilines is 2. The summed E-state index contributed by atoms with van der Waals surface area (Å²) in [6, 6.07) is 9.49. The first kappa shape index (κ1) is 23.7. The molecule has 3 aliphatic rings. The van der Waals surface area contributed by atoms with Gasteiger partial charge in [0.2, 0.25) is 11.9 Å². The van der Waals surface area contributed by atoms with Gasteiger partial charge in [0, 0.05) is 62.4 Å². The quantitative estimate of drug-likeness (QED) is 0.713. The number of amides is 2. The van der Waals surface area contributed by atoms with E-state index in [0.717, 1.165) is 57.2 Å². The van der Waals surface area contributed by atoms with E-state index >= 15 is 0 Å². The third-order valence-corrected chi connectivity index (χ3v) is 7.67. The Morgan fingerprint density at radius 3 is 2.37 bits per heavy atom. The van der Waals surface area contributed by atoms with Crippen LogP contribution in [-0.4, -0.2) is 76.9 Å². The van der Waals surface area contributed by atoms with Crippen LogP contribution in [0.4, 0.5) is 11.6 Å². The monoisotopic (exact) mass is 476 g/mol. The molecular formula is C27H36N6O2. The lowest BCUT2D eigenvalue weighted by Gasteiger charge is -2.39. The average molecular weight is 477 g/mol. The van der Waals surface area contributed by atoms with Crippen LogP contribution < -0.4 is 10.2 Å². The zero-order valence-electron chi connectivity index (χ0n) is 21.0. The van der Waals surface area contributed by atoms with Gasteiger partial charge in [-0.25, -0.2) is 9.97 Å². The highest BCUT2D eigenvalue weighted by atomic mass is 16.2. The van der Waals surface area contributed by atoms with Gasteiger partial charge in [-0.3, -0.25) is 14.5 Å². The van der Waals surface area contributed by atoms with Crippen LogP contribution >= 0.6 is 0 Å². The fourth-order valence-electron chi connectivity index (χ4n) is 6.52. The molecule has 1 saturated carbocycles. The van der Waals surface area contributed by atoms with Crippen molar-refractivity contribution in [3.05, 3.63) is 48.3 Å². The van der Waals surface area contributed by atoms with Gasteiger partial charge in [0.25, 0.3) is 5.91 Å². The molecule has 2 bridgehead atoms. The van der Waals surface area contributed by atoms with Crippen molar-refractivity contribution in [3.63, 3.8) is 0 Å². The molecule has 2 saturated heterocycles. The molecule has 2 aliphatic heterocycles. The van der Waals surface area contributed by atoms with Crippen LogP contribution in [0.3, 0.4) is 0 Å². The Morgan fingerprint density at radius 1 is 1.00 bits per heavy atom. The van der Waals surface area contributed by atoms with Gasteiger partial charge in [0.05, 0.1) is 6.54 Å². The van der Waals surface area contributed by atoms with Crippen molar-refractivity contribution in [3.8, 4) is 0 Å². The van der Waals surface area contributed by atoms with Crippen molar-refractivity contribution < 1.29 is 9.59 Å². The number of carbonyl (C=O) groups excluding carboxylic acids is 2. The second-order valence-electron chi connectivity index (χ2n) is 11.6. The molecule has 0 radical (unpaired) electrons. The van der Waals surface area contributed by atoms with Gasteiger partial charge in [0.1, 0.15) is 0 Å². The van der Waals surface area contributed by atoms with Gasteiger partial charge in [-0.05, 0) is 60.4 Å². The summed E-state index contributed by atoms with van der Waals surface area (Å²) in [5.41, 5.74) is 1.91. The molecular weight excluding hydrogens is 440 g/mol. The molecule has 8 nitrogen and oxygen atoms in total. The van der Waals surface area contributed by atoms with Gasteiger partial charge in [-0.15, -0.1) is 0 Å². The van der Waals surface area contributed by atoms with E-state index < -0.39 is 0 Å². The topological polar surface area (TPSA) is 81.7 Å². The van der Waals surface area contributed by atoms with Gasteiger partial charge in [0.15, 0.2) is 0 Å². The number of hydrogen-bond donors (Lipinski definition) is 1. The Morgan fingerprint density at radius 2 is 1.69 bits per heavy atom. The summed E-state index contributed by atoms with van der Waals surface area (Å²) in [4.78, 5) is 40.9. The minimum Gasteiger partial charge on any atom is -0.338 e. The number of nitrogens with zero attached hydrogens (tertiary/aromatic N) is 5. The summed E-state index contributed by atoms with van der Waals surface area (Å²) in [7, 11) is 0. The first-order chi connectivity index (χ1) is 16.7. The van der Waals surface area contributed by atoms with E-state index in [0.29, 0.717) is 18.2 Å². The molecule has 35 heavy (non-hydrogen) atoms. The number of likely N-dealkylation sites (tertiary alicyclic amines) is 1. The summed E-state index contributed by atoms with van der Waals surface area (Å²) in [6.45, 7) is 11.3. The summed E-state index contributed by atoms with van der Waals surface area (Å²) in [5.74, 6) is 0.799. The Balaban J connectivity index is 1.12. The lowest BCUT2D eigenvalue weighted by atomic mass is 9.65. The van der Waals surface area contributed by atoms with Crippen LogP contribution in [0.25, 0.3) is 0 Å². The maximum atomic E-state index is 13.3. The SMILES string of the molecule is CC1(C)CC2CC(C)(CN2C(=O)c2ccc(NC(=O)CN3CCN(c4ncccn4)CC3)cc2)C1. The van der Waals surface area contributed by atoms with E-state index in [2.05, 4.69) is 50.8 Å². The zero-order chi connectivity index (χ0) is 24.6. The van der Waals surface area contributed by atoms with Crippen LogP contribution in [0.15, 0.2) is 42.7 Å². The molecule has 1 aliphatic carbocycles. The number of fused-ring (bicyclic) bond motifs is 2. The average Bonchev–Trinajstić information content (AvgIpc) is 3.08. The second kappa shape index (κ2) is 9.22. The first-order valence-electron chi connectivity index (χ1n) is 12.7. The molecule has 0 spiro atoms. The Kier molecular flexibility index (Phi) is 6.25. The van der Waals surface area contributed by atoms with Crippen molar-refractivity contribution in [2.75, 3.05) is 49.5 Å². The molecule has 1 N–H and O–H groups in total. The summed E-state index contributed by atoms with van der Waals surface area (Å²) >= 11 is 0. The van der Waals surface area contributed by atoms with Crippen molar-refractivity contribution in [2.24, 2.45) is 10.8 Å². The largest absolute Gasteiger partial charge is 0.338 e. The third-order valence-electron chi connectivity index (χ3n) is 7.67. The van der Waals surface area contributed by atoms with Crippen molar-refractivity contribution in [1.29, 1.82) is 0 Å². The summed E-state index contributed by atoms with van der Waals surface area (Å²) in [6.07, 6.45) is 6.83. The molecule has 1 aromatic heterocycles. The Labute approximate surface area is 207 Å². The number of hydrogen-bond acceptors (Lipinski definition) is 6. The van der Waals surface area contributed by atoms with Crippen LogP contribution in [-0.2, 0) is 4.79 Å². The van der Waals surface area contributed by atoms with Gasteiger partial charge in [-0.2, -0.15) is 0 Å². The third kappa shape index (κ3) is 5.32. The molecule has 186 valence electrons. The highest BCUT2D eigenvalue weighted by Gasteiger charge is 2.51.